The predicted octanol–water partition coefficient (Wildman–Crippen LogP) is 4.03. The van der Waals surface area contributed by atoms with Gasteiger partial charge in [0.25, 0.3) is 0 Å². The fourth-order valence-corrected chi connectivity index (χ4v) is 3.91. The van der Waals surface area contributed by atoms with Crippen molar-refractivity contribution in [3.8, 4) is 0 Å². The van der Waals surface area contributed by atoms with Gasteiger partial charge < -0.3 is 5.32 Å². The molecule has 0 aliphatic carbocycles. The zero-order chi connectivity index (χ0) is 19.3. The van der Waals surface area contributed by atoms with Crippen molar-refractivity contribution in [2.45, 2.75) is 19.4 Å². The lowest BCUT2D eigenvalue weighted by molar-refractivity contribution is -0.120. The molecule has 0 spiro atoms. The maximum atomic E-state index is 12.5. The van der Waals surface area contributed by atoms with E-state index in [-0.39, 0.29) is 28.3 Å². The molecule has 0 unspecified atom stereocenters. The molecule has 0 aliphatic heterocycles. The molecule has 0 radical (unpaired) electrons. The normalized spacial score (nSPS) is 12.5. The minimum Gasteiger partial charge on any atom is -0.348 e. The van der Waals surface area contributed by atoms with Crippen LogP contribution in [0.4, 0.5) is 5.69 Å². The molecule has 0 bridgehead atoms. The fraction of sp³-hybridized carbons (Fsp3) is 0.278. The standard InChI is InChI=1S/C18H20Cl2N2O3S/c1-3-17(13-7-5-4-6-8-13)21-18(23)12-22(26(2,24)25)16-10-14(19)9-15(20)11-16/h4-11,17H,3,12H2,1-2H3,(H,21,23)/t17-/m1/s1. The van der Waals surface area contributed by atoms with E-state index < -0.39 is 15.9 Å². The minimum absolute atomic E-state index is 0.201. The van der Waals surface area contributed by atoms with Crippen molar-refractivity contribution >= 4 is 44.8 Å². The molecule has 1 N–H and O–H groups in total. The number of hydrogen-bond acceptors (Lipinski definition) is 3. The number of rotatable bonds is 7. The first-order valence-electron chi connectivity index (χ1n) is 7.99. The van der Waals surface area contributed by atoms with Gasteiger partial charge in [0.15, 0.2) is 0 Å². The van der Waals surface area contributed by atoms with Crippen LogP contribution in [-0.4, -0.2) is 27.1 Å². The van der Waals surface area contributed by atoms with Crippen LogP contribution < -0.4 is 9.62 Å². The van der Waals surface area contributed by atoms with Crippen molar-refractivity contribution in [3.05, 3.63) is 64.1 Å². The number of anilines is 1. The Morgan fingerprint density at radius 2 is 1.69 bits per heavy atom. The predicted molar refractivity (Wildman–Crippen MR) is 106 cm³/mol. The molecule has 1 amide bonds. The monoisotopic (exact) mass is 414 g/mol. The van der Waals surface area contributed by atoms with Gasteiger partial charge in [0.1, 0.15) is 6.54 Å². The van der Waals surface area contributed by atoms with Gasteiger partial charge in [0.2, 0.25) is 15.9 Å². The van der Waals surface area contributed by atoms with E-state index in [4.69, 9.17) is 23.2 Å². The van der Waals surface area contributed by atoms with Crippen molar-refractivity contribution in [2.75, 3.05) is 17.1 Å². The summed E-state index contributed by atoms with van der Waals surface area (Å²) in [6, 6.07) is 13.7. The van der Waals surface area contributed by atoms with Gasteiger partial charge in [-0.1, -0.05) is 60.5 Å². The van der Waals surface area contributed by atoms with Crippen LogP contribution >= 0.6 is 23.2 Å². The van der Waals surface area contributed by atoms with Crippen LogP contribution in [0.2, 0.25) is 10.0 Å². The van der Waals surface area contributed by atoms with Crippen LogP contribution in [0.5, 0.6) is 0 Å². The van der Waals surface area contributed by atoms with Crippen molar-refractivity contribution < 1.29 is 13.2 Å². The van der Waals surface area contributed by atoms with Gasteiger partial charge in [-0.25, -0.2) is 8.42 Å². The van der Waals surface area contributed by atoms with E-state index in [1.54, 1.807) is 0 Å². The van der Waals surface area contributed by atoms with Crippen LogP contribution in [0.15, 0.2) is 48.5 Å². The summed E-state index contributed by atoms with van der Waals surface area (Å²) >= 11 is 11.9. The summed E-state index contributed by atoms with van der Waals surface area (Å²) in [5.41, 5.74) is 1.20. The van der Waals surface area contributed by atoms with Crippen LogP contribution in [0.1, 0.15) is 24.9 Å². The zero-order valence-electron chi connectivity index (χ0n) is 14.4. The Labute approximate surface area is 164 Å². The van der Waals surface area contributed by atoms with Crippen molar-refractivity contribution in [2.24, 2.45) is 0 Å². The van der Waals surface area contributed by atoms with Crippen LogP contribution in [0, 0.1) is 0 Å². The van der Waals surface area contributed by atoms with Gasteiger partial charge in [0, 0.05) is 10.0 Å². The Kier molecular flexibility index (Phi) is 6.92. The van der Waals surface area contributed by atoms with E-state index in [9.17, 15) is 13.2 Å². The molecule has 2 aromatic rings. The molecule has 8 heteroatoms. The van der Waals surface area contributed by atoms with Crippen molar-refractivity contribution in [1.82, 2.24) is 5.32 Å². The van der Waals surface area contributed by atoms with Crippen LogP contribution in [0.25, 0.3) is 0 Å². The average molecular weight is 415 g/mol. The summed E-state index contributed by atoms with van der Waals surface area (Å²) in [5, 5.41) is 3.45. The lowest BCUT2D eigenvalue weighted by Crippen LogP contribution is -2.41. The minimum atomic E-state index is -3.70. The van der Waals surface area contributed by atoms with Crippen LogP contribution in [-0.2, 0) is 14.8 Å². The van der Waals surface area contributed by atoms with Crippen molar-refractivity contribution in [3.63, 3.8) is 0 Å². The lowest BCUT2D eigenvalue weighted by Gasteiger charge is -2.24. The Balaban J connectivity index is 2.22. The number of carbonyl (C=O) groups excluding carboxylic acids is 1. The number of halogens is 2. The first kappa shape index (κ1) is 20.6. The summed E-state index contributed by atoms with van der Waals surface area (Å²) in [7, 11) is -3.70. The Bertz CT molecular complexity index is 853. The molecule has 0 aromatic heterocycles. The SMILES string of the molecule is CC[C@@H](NC(=O)CN(c1cc(Cl)cc(Cl)c1)S(C)(=O)=O)c1ccccc1. The first-order chi connectivity index (χ1) is 12.2. The molecule has 2 aromatic carbocycles. The number of nitrogens with one attached hydrogen (secondary N) is 1. The van der Waals surface area contributed by atoms with E-state index in [0.29, 0.717) is 6.42 Å². The second kappa shape index (κ2) is 8.75. The smallest absolute Gasteiger partial charge is 0.241 e. The molecule has 2 rings (SSSR count). The number of amides is 1. The maximum absolute atomic E-state index is 12.5. The van der Waals surface area contributed by atoms with E-state index >= 15 is 0 Å². The third kappa shape index (κ3) is 5.62. The molecule has 0 heterocycles. The molecule has 0 saturated heterocycles. The highest BCUT2D eigenvalue weighted by Crippen LogP contribution is 2.27. The number of sulfonamides is 1. The highest BCUT2D eigenvalue weighted by Gasteiger charge is 2.23. The third-order valence-electron chi connectivity index (χ3n) is 3.77. The summed E-state index contributed by atoms with van der Waals surface area (Å²) < 4.78 is 25.3. The zero-order valence-corrected chi connectivity index (χ0v) is 16.8. The van der Waals surface area contributed by atoms with Gasteiger partial charge in [-0.2, -0.15) is 0 Å². The number of hydrogen-bond donors (Lipinski definition) is 1. The van der Waals surface area contributed by atoms with Gasteiger partial charge in [-0.3, -0.25) is 9.10 Å². The fourth-order valence-electron chi connectivity index (χ4n) is 2.56. The molecule has 0 fully saturated rings. The number of benzene rings is 2. The molecule has 1 atom stereocenters. The average Bonchev–Trinajstić information content (AvgIpc) is 2.56. The molecule has 26 heavy (non-hydrogen) atoms. The molecular weight excluding hydrogens is 395 g/mol. The largest absolute Gasteiger partial charge is 0.348 e. The van der Waals surface area contributed by atoms with Gasteiger partial charge in [-0.05, 0) is 30.2 Å². The highest BCUT2D eigenvalue weighted by molar-refractivity contribution is 7.92. The van der Waals surface area contributed by atoms with E-state index in [0.717, 1.165) is 16.1 Å². The highest BCUT2D eigenvalue weighted by atomic mass is 35.5. The lowest BCUT2D eigenvalue weighted by atomic mass is 10.0. The van der Waals surface area contributed by atoms with E-state index in [1.807, 2.05) is 37.3 Å². The Morgan fingerprint density at radius 3 is 2.19 bits per heavy atom. The second-order valence-electron chi connectivity index (χ2n) is 5.84. The summed E-state index contributed by atoms with van der Waals surface area (Å²) in [6.45, 7) is 1.59. The Hall–Kier alpha value is -1.76. The second-order valence-corrected chi connectivity index (χ2v) is 8.62. The molecule has 0 saturated carbocycles. The van der Waals surface area contributed by atoms with Crippen LogP contribution in [0.3, 0.4) is 0 Å². The molecule has 140 valence electrons. The summed E-state index contributed by atoms with van der Waals surface area (Å²) in [5.74, 6) is -0.415. The van der Waals surface area contributed by atoms with Gasteiger partial charge in [0.05, 0.1) is 18.0 Å². The summed E-state index contributed by atoms with van der Waals surface area (Å²) in [6.07, 6.45) is 1.71. The first-order valence-corrected chi connectivity index (χ1v) is 10.6. The molecular formula is C18H20Cl2N2O3S. The van der Waals surface area contributed by atoms with E-state index in [1.165, 1.54) is 18.2 Å². The van der Waals surface area contributed by atoms with Gasteiger partial charge in [-0.15, -0.1) is 0 Å². The molecule has 5 nitrogen and oxygen atoms in total. The quantitative estimate of drug-likeness (QED) is 0.743. The number of carbonyl (C=O) groups is 1. The topological polar surface area (TPSA) is 66.5 Å². The third-order valence-corrected chi connectivity index (χ3v) is 5.35. The van der Waals surface area contributed by atoms with E-state index in [2.05, 4.69) is 5.32 Å². The Morgan fingerprint density at radius 1 is 1.12 bits per heavy atom. The molecule has 0 aliphatic rings. The van der Waals surface area contributed by atoms with Crippen molar-refractivity contribution in [1.29, 1.82) is 0 Å². The summed E-state index contributed by atoms with van der Waals surface area (Å²) in [4.78, 5) is 12.5. The maximum Gasteiger partial charge on any atom is 0.241 e. The number of nitrogens with zero attached hydrogens (tertiary/aromatic N) is 1. The van der Waals surface area contributed by atoms with Gasteiger partial charge >= 0.3 is 0 Å².